The van der Waals surface area contributed by atoms with Crippen molar-refractivity contribution in [3.05, 3.63) is 59.7 Å². The van der Waals surface area contributed by atoms with E-state index in [1.807, 2.05) is 24.3 Å². The average Bonchev–Trinajstić information content (AvgIpc) is 3.27. The first kappa shape index (κ1) is 12.1. The molecule has 1 aliphatic rings. The van der Waals surface area contributed by atoms with Crippen molar-refractivity contribution < 1.29 is 9.47 Å². The van der Waals surface area contributed by atoms with Crippen LogP contribution in [0.15, 0.2) is 48.5 Å². The fourth-order valence-corrected chi connectivity index (χ4v) is 2.73. The molecule has 19 heavy (non-hydrogen) atoms. The van der Waals surface area contributed by atoms with Gasteiger partial charge in [0.05, 0.1) is 14.2 Å². The van der Waals surface area contributed by atoms with Crippen molar-refractivity contribution in [2.75, 3.05) is 14.2 Å². The van der Waals surface area contributed by atoms with E-state index in [-0.39, 0.29) is 0 Å². The summed E-state index contributed by atoms with van der Waals surface area (Å²) in [5, 5.41) is 0. The van der Waals surface area contributed by atoms with E-state index in [9.17, 15) is 0 Å². The third-order valence-corrected chi connectivity index (χ3v) is 3.87. The van der Waals surface area contributed by atoms with Crippen molar-refractivity contribution in [3.63, 3.8) is 0 Å². The van der Waals surface area contributed by atoms with Gasteiger partial charge in [-0.1, -0.05) is 30.3 Å². The number of para-hydroxylation sites is 1. The summed E-state index contributed by atoms with van der Waals surface area (Å²) in [4.78, 5) is 0. The van der Waals surface area contributed by atoms with Gasteiger partial charge in [0.25, 0.3) is 0 Å². The Morgan fingerprint density at radius 2 is 1.58 bits per heavy atom. The fourth-order valence-electron chi connectivity index (χ4n) is 2.73. The average molecular weight is 254 g/mol. The van der Waals surface area contributed by atoms with Crippen LogP contribution in [0.4, 0.5) is 0 Å². The van der Waals surface area contributed by atoms with Gasteiger partial charge in [0.1, 0.15) is 11.5 Å². The highest BCUT2D eigenvalue weighted by Crippen LogP contribution is 2.56. The van der Waals surface area contributed by atoms with E-state index in [0.29, 0.717) is 11.8 Å². The van der Waals surface area contributed by atoms with Crippen LogP contribution in [-0.4, -0.2) is 14.2 Å². The molecule has 0 amide bonds. The predicted octanol–water partition coefficient (Wildman–Crippen LogP) is 3.97. The van der Waals surface area contributed by atoms with Crippen LogP contribution in [0.1, 0.15) is 29.4 Å². The first-order valence-electron chi connectivity index (χ1n) is 6.60. The Balaban J connectivity index is 1.80. The standard InChI is InChI=1S/C17H18O2/c1-18-13-9-7-12(8-10-13)15-11-16(15)14-5-3-4-6-17(14)19-2/h3-10,15-16H,11H2,1-2H3/t15-,16-/m1/s1. The molecule has 1 aliphatic carbocycles. The Morgan fingerprint density at radius 1 is 0.842 bits per heavy atom. The van der Waals surface area contributed by atoms with Gasteiger partial charge >= 0.3 is 0 Å². The molecule has 1 saturated carbocycles. The maximum Gasteiger partial charge on any atom is 0.122 e. The zero-order chi connectivity index (χ0) is 13.2. The summed E-state index contributed by atoms with van der Waals surface area (Å²) in [6, 6.07) is 16.7. The molecule has 2 nitrogen and oxygen atoms in total. The van der Waals surface area contributed by atoms with E-state index >= 15 is 0 Å². The second-order valence-electron chi connectivity index (χ2n) is 4.96. The molecule has 0 heterocycles. The Hall–Kier alpha value is -1.96. The summed E-state index contributed by atoms with van der Waals surface area (Å²) in [5.74, 6) is 3.12. The molecule has 0 bridgehead atoms. The molecule has 3 rings (SSSR count). The maximum atomic E-state index is 5.45. The van der Waals surface area contributed by atoms with Crippen molar-refractivity contribution in [2.45, 2.75) is 18.3 Å². The predicted molar refractivity (Wildman–Crippen MR) is 76.1 cm³/mol. The molecule has 98 valence electrons. The van der Waals surface area contributed by atoms with Gasteiger partial charge in [-0.3, -0.25) is 0 Å². The SMILES string of the molecule is COc1ccc([C@H]2C[C@@H]2c2ccccc2OC)cc1. The van der Waals surface area contributed by atoms with Crippen molar-refractivity contribution in [1.29, 1.82) is 0 Å². The van der Waals surface area contributed by atoms with Crippen LogP contribution in [0.5, 0.6) is 11.5 Å². The van der Waals surface area contributed by atoms with Gasteiger partial charge in [0, 0.05) is 0 Å². The van der Waals surface area contributed by atoms with Crippen molar-refractivity contribution in [2.24, 2.45) is 0 Å². The van der Waals surface area contributed by atoms with Gasteiger partial charge in [0.15, 0.2) is 0 Å². The lowest BCUT2D eigenvalue weighted by atomic mass is 10.0. The Kier molecular flexibility index (Phi) is 3.16. The summed E-state index contributed by atoms with van der Waals surface area (Å²) < 4.78 is 10.6. The number of hydrogen-bond donors (Lipinski definition) is 0. The zero-order valence-corrected chi connectivity index (χ0v) is 11.3. The van der Waals surface area contributed by atoms with E-state index < -0.39 is 0 Å². The summed E-state index contributed by atoms with van der Waals surface area (Å²) >= 11 is 0. The quantitative estimate of drug-likeness (QED) is 0.821. The zero-order valence-electron chi connectivity index (χ0n) is 11.3. The van der Waals surface area contributed by atoms with E-state index in [1.165, 1.54) is 17.5 Å². The van der Waals surface area contributed by atoms with Gasteiger partial charge < -0.3 is 9.47 Å². The third kappa shape index (κ3) is 2.30. The second-order valence-corrected chi connectivity index (χ2v) is 4.96. The highest BCUT2D eigenvalue weighted by atomic mass is 16.5. The highest BCUT2D eigenvalue weighted by molar-refractivity contribution is 5.44. The van der Waals surface area contributed by atoms with Crippen LogP contribution in [0.25, 0.3) is 0 Å². The lowest BCUT2D eigenvalue weighted by Gasteiger charge is -2.08. The molecule has 2 heteroatoms. The number of rotatable bonds is 4. The van der Waals surface area contributed by atoms with Crippen molar-refractivity contribution in [1.82, 2.24) is 0 Å². The molecule has 2 atom stereocenters. The number of ether oxygens (including phenoxy) is 2. The lowest BCUT2D eigenvalue weighted by Crippen LogP contribution is -1.91. The molecule has 0 radical (unpaired) electrons. The fraction of sp³-hybridized carbons (Fsp3) is 0.294. The molecule has 0 spiro atoms. The van der Waals surface area contributed by atoms with Crippen LogP contribution in [0.2, 0.25) is 0 Å². The van der Waals surface area contributed by atoms with E-state index in [1.54, 1.807) is 14.2 Å². The molecular weight excluding hydrogens is 236 g/mol. The van der Waals surface area contributed by atoms with E-state index in [4.69, 9.17) is 9.47 Å². The summed E-state index contributed by atoms with van der Waals surface area (Å²) in [7, 11) is 3.44. The van der Waals surface area contributed by atoms with Gasteiger partial charge in [-0.25, -0.2) is 0 Å². The van der Waals surface area contributed by atoms with Gasteiger partial charge in [-0.15, -0.1) is 0 Å². The van der Waals surface area contributed by atoms with Gasteiger partial charge in [0.2, 0.25) is 0 Å². The molecule has 0 saturated heterocycles. The smallest absolute Gasteiger partial charge is 0.122 e. The summed E-state index contributed by atoms with van der Waals surface area (Å²) in [6.07, 6.45) is 1.20. The molecule has 2 aromatic carbocycles. The lowest BCUT2D eigenvalue weighted by molar-refractivity contribution is 0.409. The molecule has 2 aromatic rings. The van der Waals surface area contributed by atoms with E-state index in [2.05, 4.69) is 24.3 Å². The minimum atomic E-state index is 0.588. The normalized spacial score (nSPS) is 20.9. The molecule has 1 fully saturated rings. The van der Waals surface area contributed by atoms with Crippen molar-refractivity contribution >= 4 is 0 Å². The molecule has 0 N–H and O–H groups in total. The van der Waals surface area contributed by atoms with Gasteiger partial charge in [-0.2, -0.15) is 0 Å². The van der Waals surface area contributed by atoms with E-state index in [0.717, 1.165) is 11.5 Å². The Labute approximate surface area is 114 Å². The van der Waals surface area contributed by atoms with Gasteiger partial charge in [-0.05, 0) is 47.6 Å². The Bertz CT molecular complexity index is 560. The number of hydrogen-bond acceptors (Lipinski definition) is 2. The third-order valence-electron chi connectivity index (χ3n) is 3.87. The number of methoxy groups -OCH3 is 2. The van der Waals surface area contributed by atoms with Crippen LogP contribution in [-0.2, 0) is 0 Å². The molecular formula is C17H18O2. The Morgan fingerprint density at radius 3 is 2.26 bits per heavy atom. The first-order chi connectivity index (χ1) is 9.33. The first-order valence-corrected chi connectivity index (χ1v) is 6.60. The maximum absolute atomic E-state index is 5.45. The molecule has 0 aliphatic heterocycles. The summed E-state index contributed by atoms with van der Waals surface area (Å²) in [5.41, 5.74) is 2.71. The summed E-state index contributed by atoms with van der Waals surface area (Å²) in [6.45, 7) is 0. The molecule has 0 unspecified atom stereocenters. The van der Waals surface area contributed by atoms with Crippen LogP contribution >= 0.6 is 0 Å². The molecule has 0 aromatic heterocycles. The van der Waals surface area contributed by atoms with Crippen LogP contribution < -0.4 is 9.47 Å². The topological polar surface area (TPSA) is 18.5 Å². The second kappa shape index (κ2) is 4.96. The van der Waals surface area contributed by atoms with Crippen molar-refractivity contribution in [3.8, 4) is 11.5 Å². The minimum absolute atomic E-state index is 0.588. The van der Waals surface area contributed by atoms with Crippen LogP contribution in [0.3, 0.4) is 0 Å². The largest absolute Gasteiger partial charge is 0.497 e. The minimum Gasteiger partial charge on any atom is -0.497 e. The highest BCUT2D eigenvalue weighted by Gasteiger charge is 2.40. The number of benzene rings is 2. The monoisotopic (exact) mass is 254 g/mol. The van der Waals surface area contributed by atoms with Crippen LogP contribution in [0, 0.1) is 0 Å².